The van der Waals surface area contributed by atoms with Crippen LogP contribution in [0.1, 0.15) is 5.56 Å². The molecule has 86 valence electrons. The Morgan fingerprint density at radius 3 is 2.94 bits per heavy atom. The van der Waals surface area contributed by atoms with Crippen molar-refractivity contribution < 1.29 is 4.79 Å². The van der Waals surface area contributed by atoms with Crippen LogP contribution in [0.4, 0.5) is 5.69 Å². The van der Waals surface area contributed by atoms with Crippen LogP contribution in [0, 0.1) is 6.92 Å². The molecule has 0 saturated carbocycles. The molecule has 1 N–H and O–H groups in total. The Kier molecular flexibility index (Phi) is 4.73. The average Bonchev–Trinajstić information content (AvgIpc) is 2.28. The Balaban J connectivity index is 2.59. The molecule has 3 heteroatoms. The number of carbonyl (C=O) groups is 1. The zero-order valence-corrected chi connectivity index (χ0v) is 9.86. The Morgan fingerprint density at radius 2 is 2.31 bits per heavy atom. The predicted octanol–water partition coefficient (Wildman–Crippen LogP) is 1.73. The number of carbonyl (C=O) groups excluding carboxylic acids is 1. The summed E-state index contributed by atoms with van der Waals surface area (Å²) in [6.07, 6.45) is 1.74. The normalized spacial score (nSPS) is 9.88. The van der Waals surface area contributed by atoms with Gasteiger partial charge >= 0.3 is 0 Å². The summed E-state index contributed by atoms with van der Waals surface area (Å²) in [5.74, 6) is 0.0486. The molecule has 0 spiro atoms. The third kappa shape index (κ3) is 3.51. The summed E-state index contributed by atoms with van der Waals surface area (Å²) in [6.45, 7) is 6.57. The molecule has 0 fully saturated rings. The lowest BCUT2D eigenvalue weighted by molar-refractivity contribution is -0.117. The fourth-order valence-corrected chi connectivity index (χ4v) is 1.38. The Labute approximate surface area is 96.8 Å². The van der Waals surface area contributed by atoms with Gasteiger partial charge in [0, 0.05) is 19.3 Å². The number of amides is 1. The van der Waals surface area contributed by atoms with Gasteiger partial charge in [0.1, 0.15) is 0 Å². The van der Waals surface area contributed by atoms with Crippen LogP contribution in [0.3, 0.4) is 0 Å². The van der Waals surface area contributed by atoms with E-state index in [1.165, 1.54) is 0 Å². The summed E-state index contributed by atoms with van der Waals surface area (Å²) >= 11 is 0. The largest absolute Gasteiger partial charge is 0.314 e. The lowest BCUT2D eigenvalue weighted by atomic mass is 10.2. The molecule has 0 saturated heterocycles. The summed E-state index contributed by atoms with van der Waals surface area (Å²) in [5.41, 5.74) is 2.07. The highest BCUT2D eigenvalue weighted by Gasteiger charge is 2.09. The molecular formula is C13H18N2O. The van der Waals surface area contributed by atoms with Gasteiger partial charge in [0.25, 0.3) is 0 Å². The van der Waals surface area contributed by atoms with E-state index in [0.717, 1.165) is 11.3 Å². The Morgan fingerprint density at radius 1 is 1.56 bits per heavy atom. The molecule has 0 aromatic heterocycles. The van der Waals surface area contributed by atoms with Crippen molar-refractivity contribution in [3.8, 4) is 0 Å². The zero-order chi connectivity index (χ0) is 12.0. The van der Waals surface area contributed by atoms with Gasteiger partial charge in [0.2, 0.25) is 5.91 Å². The Bertz CT molecular complexity index is 374. The maximum absolute atomic E-state index is 11.8. The third-order valence-electron chi connectivity index (χ3n) is 2.33. The van der Waals surface area contributed by atoms with E-state index >= 15 is 0 Å². The van der Waals surface area contributed by atoms with Gasteiger partial charge < -0.3 is 10.2 Å². The summed E-state index contributed by atoms with van der Waals surface area (Å²) in [5, 5.41) is 2.99. The molecule has 1 rings (SSSR count). The van der Waals surface area contributed by atoms with Crippen LogP contribution >= 0.6 is 0 Å². The van der Waals surface area contributed by atoms with E-state index < -0.39 is 0 Å². The van der Waals surface area contributed by atoms with E-state index in [1.54, 1.807) is 18.0 Å². The minimum Gasteiger partial charge on any atom is -0.314 e. The molecule has 0 heterocycles. The molecule has 0 aliphatic heterocycles. The van der Waals surface area contributed by atoms with Crippen LogP contribution < -0.4 is 10.2 Å². The first-order valence-corrected chi connectivity index (χ1v) is 5.30. The fraction of sp³-hybridized carbons (Fsp3) is 0.308. The van der Waals surface area contributed by atoms with Gasteiger partial charge in [-0.3, -0.25) is 4.79 Å². The highest BCUT2D eigenvalue weighted by molar-refractivity contribution is 5.94. The molecule has 0 aliphatic carbocycles. The van der Waals surface area contributed by atoms with Crippen molar-refractivity contribution in [1.29, 1.82) is 0 Å². The van der Waals surface area contributed by atoms with Crippen LogP contribution in [0.15, 0.2) is 36.9 Å². The molecule has 16 heavy (non-hydrogen) atoms. The van der Waals surface area contributed by atoms with Crippen molar-refractivity contribution in [2.24, 2.45) is 0 Å². The lowest BCUT2D eigenvalue weighted by Gasteiger charge is -2.17. The highest BCUT2D eigenvalue weighted by atomic mass is 16.2. The minimum absolute atomic E-state index is 0.0486. The molecule has 1 amide bonds. The highest BCUT2D eigenvalue weighted by Crippen LogP contribution is 2.13. The van der Waals surface area contributed by atoms with Gasteiger partial charge in [-0.25, -0.2) is 0 Å². The lowest BCUT2D eigenvalue weighted by Crippen LogP contribution is -2.35. The van der Waals surface area contributed by atoms with Gasteiger partial charge in [0.05, 0.1) is 6.54 Å². The SMILES string of the molecule is C=CCNCC(=O)N(C)c1cccc(C)c1. The molecule has 3 nitrogen and oxygen atoms in total. The van der Waals surface area contributed by atoms with Crippen LogP contribution in [-0.2, 0) is 4.79 Å². The smallest absolute Gasteiger partial charge is 0.240 e. The molecule has 0 radical (unpaired) electrons. The number of hydrogen-bond donors (Lipinski definition) is 1. The van der Waals surface area contributed by atoms with Crippen LogP contribution in [0.2, 0.25) is 0 Å². The number of nitrogens with one attached hydrogen (secondary N) is 1. The third-order valence-corrected chi connectivity index (χ3v) is 2.33. The fourth-order valence-electron chi connectivity index (χ4n) is 1.38. The van der Waals surface area contributed by atoms with Gasteiger partial charge in [-0.2, -0.15) is 0 Å². The van der Waals surface area contributed by atoms with Gasteiger partial charge in [-0.1, -0.05) is 18.2 Å². The average molecular weight is 218 g/mol. The Hall–Kier alpha value is -1.61. The van der Waals surface area contributed by atoms with Crippen molar-refractivity contribution in [2.75, 3.05) is 25.0 Å². The molecule has 0 atom stereocenters. The summed E-state index contributed by atoms with van der Waals surface area (Å²) in [6, 6.07) is 7.88. The molecule has 0 aliphatic rings. The first-order chi connectivity index (χ1) is 7.65. The number of nitrogens with zero attached hydrogens (tertiary/aromatic N) is 1. The zero-order valence-electron chi connectivity index (χ0n) is 9.86. The topological polar surface area (TPSA) is 32.3 Å². The van der Waals surface area contributed by atoms with Crippen LogP contribution in [0.5, 0.6) is 0 Å². The maximum atomic E-state index is 11.8. The van der Waals surface area contributed by atoms with Gasteiger partial charge in [-0.15, -0.1) is 6.58 Å². The second-order valence-corrected chi connectivity index (χ2v) is 3.71. The number of rotatable bonds is 5. The van der Waals surface area contributed by atoms with Crippen molar-refractivity contribution in [2.45, 2.75) is 6.92 Å². The number of benzene rings is 1. The van der Waals surface area contributed by atoms with Crippen LogP contribution in [-0.4, -0.2) is 26.0 Å². The maximum Gasteiger partial charge on any atom is 0.240 e. The van der Waals surface area contributed by atoms with Gasteiger partial charge in [-0.05, 0) is 24.6 Å². The number of hydrogen-bond acceptors (Lipinski definition) is 2. The van der Waals surface area contributed by atoms with Crippen molar-refractivity contribution in [3.05, 3.63) is 42.5 Å². The molecular weight excluding hydrogens is 200 g/mol. The number of likely N-dealkylation sites (N-methyl/N-ethyl adjacent to an activating group) is 1. The minimum atomic E-state index is 0.0486. The molecule has 0 bridgehead atoms. The molecule has 0 unspecified atom stereocenters. The van der Waals surface area contributed by atoms with Crippen LogP contribution in [0.25, 0.3) is 0 Å². The second-order valence-electron chi connectivity index (χ2n) is 3.71. The molecule has 1 aromatic rings. The standard InChI is InChI=1S/C13H18N2O/c1-4-8-14-10-13(16)15(3)12-7-5-6-11(2)9-12/h4-7,9,14H,1,8,10H2,2-3H3. The van der Waals surface area contributed by atoms with Gasteiger partial charge in [0.15, 0.2) is 0 Å². The summed E-state index contributed by atoms with van der Waals surface area (Å²) in [7, 11) is 1.78. The van der Waals surface area contributed by atoms with E-state index in [0.29, 0.717) is 13.1 Å². The monoisotopic (exact) mass is 218 g/mol. The quantitative estimate of drug-likeness (QED) is 0.603. The van der Waals surface area contributed by atoms with E-state index in [4.69, 9.17) is 0 Å². The summed E-state index contributed by atoms with van der Waals surface area (Å²) in [4.78, 5) is 13.4. The van der Waals surface area contributed by atoms with Crippen molar-refractivity contribution >= 4 is 11.6 Å². The van der Waals surface area contributed by atoms with E-state index in [2.05, 4.69) is 11.9 Å². The van der Waals surface area contributed by atoms with E-state index in [1.807, 2.05) is 31.2 Å². The number of anilines is 1. The van der Waals surface area contributed by atoms with E-state index in [-0.39, 0.29) is 5.91 Å². The van der Waals surface area contributed by atoms with E-state index in [9.17, 15) is 4.79 Å². The first-order valence-electron chi connectivity index (χ1n) is 5.30. The second kappa shape index (κ2) is 6.08. The number of aryl methyl sites for hydroxylation is 1. The van der Waals surface area contributed by atoms with Crippen molar-refractivity contribution in [1.82, 2.24) is 5.32 Å². The summed E-state index contributed by atoms with van der Waals surface area (Å²) < 4.78 is 0. The predicted molar refractivity (Wildman–Crippen MR) is 67.7 cm³/mol. The first kappa shape index (κ1) is 12.5. The molecule has 1 aromatic carbocycles. The van der Waals surface area contributed by atoms with Crippen molar-refractivity contribution in [3.63, 3.8) is 0 Å².